The lowest BCUT2D eigenvalue weighted by atomic mass is 10.0. The first kappa shape index (κ1) is 14.5. The maximum atomic E-state index is 13.5. The molecular weight excluding hydrogens is 272 g/mol. The van der Waals surface area contributed by atoms with Gasteiger partial charge in [0.15, 0.2) is 0 Å². The summed E-state index contributed by atoms with van der Waals surface area (Å²) >= 11 is 0. The number of halogens is 4. The number of rotatable bonds is 3. The highest BCUT2D eigenvalue weighted by Gasteiger charge is 2.33. The fraction of sp³-hybridized carbons (Fsp3) is 0.214. The third-order valence-corrected chi connectivity index (χ3v) is 2.78. The van der Waals surface area contributed by atoms with Crippen molar-refractivity contribution >= 4 is 0 Å². The van der Waals surface area contributed by atoms with E-state index in [1.54, 1.807) is 19.3 Å². The molecular formula is C14H12F4N2. The van der Waals surface area contributed by atoms with Gasteiger partial charge in [0.25, 0.3) is 0 Å². The third kappa shape index (κ3) is 3.14. The zero-order valence-electron chi connectivity index (χ0n) is 10.6. The van der Waals surface area contributed by atoms with E-state index < -0.39 is 17.6 Å². The number of benzene rings is 1. The monoisotopic (exact) mass is 284 g/mol. The summed E-state index contributed by atoms with van der Waals surface area (Å²) in [5.41, 5.74) is 0.539. The van der Waals surface area contributed by atoms with Crippen molar-refractivity contribution < 1.29 is 17.6 Å². The topological polar surface area (TPSA) is 24.9 Å². The van der Waals surface area contributed by atoms with Crippen LogP contribution in [0.5, 0.6) is 0 Å². The molecule has 0 spiro atoms. The van der Waals surface area contributed by atoms with Crippen molar-refractivity contribution in [2.75, 3.05) is 7.05 Å². The quantitative estimate of drug-likeness (QED) is 0.871. The molecule has 0 aliphatic rings. The number of aromatic nitrogens is 1. The molecule has 0 bridgehead atoms. The molecule has 2 aromatic rings. The van der Waals surface area contributed by atoms with E-state index in [4.69, 9.17) is 0 Å². The highest BCUT2D eigenvalue weighted by Crippen LogP contribution is 2.33. The van der Waals surface area contributed by atoms with E-state index in [0.717, 1.165) is 17.7 Å². The Bertz CT molecular complexity index is 608. The van der Waals surface area contributed by atoms with Gasteiger partial charge in [-0.3, -0.25) is 4.98 Å². The molecule has 0 saturated carbocycles. The van der Waals surface area contributed by atoms with Gasteiger partial charge in [-0.1, -0.05) is 6.07 Å². The zero-order chi connectivity index (χ0) is 14.8. The van der Waals surface area contributed by atoms with Gasteiger partial charge < -0.3 is 5.32 Å². The fourth-order valence-electron chi connectivity index (χ4n) is 1.87. The fourth-order valence-corrected chi connectivity index (χ4v) is 1.87. The van der Waals surface area contributed by atoms with Gasteiger partial charge in [0, 0.05) is 24.5 Å². The van der Waals surface area contributed by atoms with E-state index in [1.165, 1.54) is 12.3 Å². The predicted octanol–water partition coefficient (Wildman–Crippen LogP) is 3.63. The highest BCUT2D eigenvalue weighted by molar-refractivity contribution is 5.63. The second-order valence-corrected chi connectivity index (χ2v) is 4.30. The van der Waals surface area contributed by atoms with Crippen molar-refractivity contribution in [3.8, 4) is 11.1 Å². The van der Waals surface area contributed by atoms with Gasteiger partial charge in [0.05, 0.1) is 5.56 Å². The van der Waals surface area contributed by atoms with Crippen molar-refractivity contribution in [2.24, 2.45) is 0 Å². The van der Waals surface area contributed by atoms with Crippen molar-refractivity contribution in [3.63, 3.8) is 0 Å². The van der Waals surface area contributed by atoms with E-state index in [-0.39, 0.29) is 0 Å². The van der Waals surface area contributed by atoms with Crippen LogP contribution < -0.4 is 5.32 Å². The molecule has 1 N–H and O–H groups in total. The summed E-state index contributed by atoms with van der Waals surface area (Å²) in [6.45, 7) is 0.573. The summed E-state index contributed by atoms with van der Waals surface area (Å²) in [6, 6.07) is 4.62. The van der Waals surface area contributed by atoms with Crippen LogP contribution in [0, 0.1) is 5.82 Å². The summed E-state index contributed by atoms with van der Waals surface area (Å²) in [4.78, 5) is 4.00. The number of hydrogen-bond acceptors (Lipinski definition) is 2. The molecule has 0 unspecified atom stereocenters. The van der Waals surface area contributed by atoms with E-state index in [9.17, 15) is 17.6 Å². The van der Waals surface area contributed by atoms with Gasteiger partial charge in [-0.25, -0.2) is 4.39 Å². The Morgan fingerprint density at radius 1 is 1.10 bits per heavy atom. The molecule has 0 aliphatic heterocycles. The average molecular weight is 284 g/mol. The lowest BCUT2D eigenvalue weighted by molar-refractivity contribution is -0.139. The molecule has 0 saturated heterocycles. The van der Waals surface area contributed by atoms with Crippen LogP contribution in [0.3, 0.4) is 0 Å². The Labute approximate surface area is 113 Å². The smallest absolute Gasteiger partial charge is 0.316 e. The first-order valence-corrected chi connectivity index (χ1v) is 5.87. The molecule has 0 radical (unpaired) electrons. The number of nitrogens with one attached hydrogen (secondary N) is 1. The van der Waals surface area contributed by atoms with Crippen molar-refractivity contribution in [1.29, 1.82) is 0 Å². The Balaban J connectivity index is 2.39. The lowest BCUT2D eigenvalue weighted by Crippen LogP contribution is -2.08. The predicted molar refractivity (Wildman–Crippen MR) is 67.4 cm³/mol. The van der Waals surface area contributed by atoms with E-state index in [2.05, 4.69) is 10.3 Å². The Kier molecular flexibility index (Phi) is 4.04. The Hall–Kier alpha value is -1.95. The first-order chi connectivity index (χ1) is 9.41. The SMILES string of the molecule is CNCc1cncc(-c2ccc(C(F)(F)F)c(F)c2)c1. The standard InChI is InChI=1S/C14H12F4N2/c1-19-6-9-4-11(8-20-7-9)10-2-3-12(13(15)5-10)14(16,17)18/h2-5,7-8,19H,6H2,1H3. The van der Waals surface area contributed by atoms with Gasteiger partial charge in [-0.15, -0.1) is 0 Å². The first-order valence-electron chi connectivity index (χ1n) is 5.87. The molecule has 0 atom stereocenters. The zero-order valence-corrected chi connectivity index (χ0v) is 10.6. The van der Waals surface area contributed by atoms with Crippen molar-refractivity contribution in [3.05, 3.63) is 53.6 Å². The highest BCUT2D eigenvalue weighted by atomic mass is 19.4. The molecule has 1 aromatic carbocycles. The molecule has 1 aromatic heterocycles. The molecule has 0 aliphatic carbocycles. The lowest BCUT2D eigenvalue weighted by Gasteiger charge is -2.10. The maximum absolute atomic E-state index is 13.5. The minimum absolute atomic E-state index is 0.362. The van der Waals surface area contributed by atoms with Gasteiger partial charge in [-0.2, -0.15) is 13.2 Å². The number of nitrogens with zero attached hydrogens (tertiary/aromatic N) is 1. The maximum Gasteiger partial charge on any atom is 0.419 e. The summed E-state index contributed by atoms with van der Waals surface area (Å²) in [5, 5.41) is 2.94. The van der Waals surface area contributed by atoms with Crippen molar-refractivity contribution in [1.82, 2.24) is 10.3 Å². The molecule has 2 rings (SSSR count). The average Bonchev–Trinajstić information content (AvgIpc) is 2.38. The molecule has 2 nitrogen and oxygen atoms in total. The minimum Gasteiger partial charge on any atom is -0.316 e. The van der Waals surface area contributed by atoms with Gasteiger partial charge in [0.1, 0.15) is 5.82 Å². The Morgan fingerprint density at radius 3 is 2.45 bits per heavy atom. The summed E-state index contributed by atoms with van der Waals surface area (Å²) < 4.78 is 51.0. The third-order valence-electron chi connectivity index (χ3n) is 2.78. The molecule has 6 heteroatoms. The van der Waals surface area contributed by atoms with Crippen LogP contribution in [0.25, 0.3) is 11.1 Å². The van der Waals surface area contributed by atoms with Gasteiger partial charge in [0.2, 0.25) is 0 Å². The largest absolute Gasteiger partial charge is 0.419 e. The molecule has 0 amide bonds. The van der Waals surface area contributed by atoms with Gasteiger partial charge >= 0.3 is 6.18 Å². The normalized spacial score (nSPS) is 11.7. The summed E-state index contributed by atoms with van der Waals surface area (Å²) in [5.74, 6) is -1.28. The molecule has 106 valence electrons. The van der Waals surface area contributed by atoms with Crippen molar-refractivity contribution in [2.45, 2.75) is 12.7 Å². The second kappa shape index (κ2) is 5.58. The summed E-state index contributed by atoms with van der Waals surface area (Å²) in [6.07, 6.45) is -1.56. The Morgan fingerprint density at radius 2 is 1.85 bits per heavy atom. The van der Waals surface area contributed by atoms with Crippen LogP contribution in [-0.2, 0) is 12.7 Å². The number of alkyl halides is 3. The van der Waals surface area contributed by atoms with Crippen LogP contribution in [0.4, 0.5) is 17.6 Å². The minimum atomic E-state index is -4.69. The number of pyridine rings is 1. The van der Waals surface area contributed by atoms with Crippen LogP contribution in [0.1, 0.15) is 11.1 Å². The van der Waals surface area contributed by atoms with Crippen LogP contribution in [0.15, 0.2) is 36.7 Å². The molecule has 20 heavy (non-hydrogen) atoms. The van der Waals surface area contributed by atoms with Gasteiger partial charge in [-0.05, 0) is 36.4 Å². The molecule has 1 heterocycles. The molecule has 0 fully saturated rings. The van der Waals surface area contributed by atoms with E-state index in [0.29, 0.717) is 17.7 Å². The van der Waals surface area contributed by atoms with Crippen LogP contribution in [0.2, 0.25) is 0 Å². The second-order valence-electron chi connectivity index (χ2n) is 4.30. The van der Waals surface area contributed by atoms with E-state index in [1.807, 2.05) is 0 Å². The van der Waals surface area contributed by atoms with Crippen LogP contribution in [-0.4, -0.2) is 12.0 Å². The number of hydrogen-bond donors (Lipinski definition) is 1. The van der Waals surface area contributed by atoms with E-state index >= 15 is 0 Å². The summed E-state index contributed by atoms with van der Waals surface area (Å²) in [7, 11) is 1.77. The van der Waals surface area contributed by atoms with Crippen LogP contribution >= 0.6 is 0 Å².